The number of carbonyl (C=O) groups is 1. The molecule has 1 amide bonds. The van der Waals surface area contributed by atoms with Gasteiger partial charge in [-0.25, -0.2) is 0 Å². The number of carbonyl (C=O) groups excluding carboxylic acids is 1. The summed E-state index contributed by atoms with van der Waals surface area (Å²) in [6.45, 7) is 0.567. The number of nitrogens with one attached hydrogen (secondary N) is 1. The molecule has 8 nitrogen and oxygen atoms in total. The van der Waals surface area contributed by atoms with Gasteiger partial charge in [0, 0.05) is 18.4 Å². The van der Waals surface area contributed by atoms with Crippen LogP contribution in [0.5, 0.6) is 0 Å². The highest BCUT2D eigenvalue weighted by Gasteiger charge is 2.30. The van der Waals surface area contributed by atoms with Crippen LogP contribution >= 0.6 is 0 Å². The summed E-state index contributed by atoms with van der Waals surface area (Å²) in [7, 11) is 0. The minimum absolute atomic E-state index is 0.329. The second-order valence-electron chi connectivity index (χ2n) is 4.64. The minimum Gasteiger partial charge on any atom is -0.394 e. The van der Waals surface area contributed by atoms with Gasteiger partial charge in [0.2, 0.25) is 0 Å². The lowest BCUT2D eigenvalue weighted by atomic mass is 10.0. The Balaban J connectivity index is 2.55. The molecule has 0 saturated carbocycles. The van der Waals surface area contributed by atoms with Crippen LogP contribution < -0.4 is 5.32 Å². The standard InChI is InChI=1S/C13H20N2O6/c1-7-8(3-2-4-14-7)13(21)15-5-9(17)11(19)12(20)10(18)6-16/h2-4,9-12,16-20H,5-6H2,1H3,(H,15,21)/t9-,10+,11+,12+/m1/s1. The number of hydrogen-bond acceptors (Lipinski definition) is 7. The van der Waals surface area contributed by atoms with Crippen molar-refractivity contribution in [3.05, 3.63) is 29.6 Å². The SMILES string of the molecule is Cc1ncccc1C(=O)NC[C@@H](O)[C@H](O)[C@@H](O)[C@@H](O)CO. The first-order valence-corrected chi connectivity index (χ1v) is 6.41. The zero-order valence-corrected chi connectivity index (χ0v) is 11.5. The molecule has 0 aromatic carbocycles. The third-order valence-corrected chi connectivity index (χ3v) is 3.05. The van der Waals surface area contributed by atoms with E-state index in [0.717, 1.165) is 0 Å². The second-order valence-corrected chi connectivity index (χ2v) is 4.64. The Bertz CT molecular complexity index is 470. The number of amides is 1. The second kappa shape index (κ2) is 8.01. The first-order chi connectivity index (χ1) is 9.88. The monoisotopic (exact) mass is 300 g/mol. The molecule has 118 valence electrons. The fraction of sp³-hybridized carbons (Fsp3) is 0.538. The van der Waals surface area contributed by atoms with Gasteiger partial charge in [0.05, 0.1) is 18.3 Å². The number of aryl methyl sites for hydroxylation is 1. The van der Waals surface area contributed by atoms with E-state index in [0.29, 0.717) is 11.3 Å². The summed E-state index contributed by atoms with van der Waals surface area (Å²) in [6, 6.07) is 3.15. The van der Waals surface area contributed by atoms with Gasteiger partial charge in [0.15, 0.2) is 0 Å². The van der Waals surface area contributed by atoms with E-state index in [9.17, 15) is 25.2 Å². The van der Waals surface area contributed by atoms with Crippen molar-refractivity contribution in [1.82, 2.24) is 10.3 Å². The van der Waals surface area contributed by atoms with Crippen molar-refractivity contribution in [3.8, 4) is 0 Å². The van der Waals surface area contributed by atoms with E-state index in [-0.39, 0.29) is 6.54 Å². The van der Waals surface area contributed by atoms with Crippen molar-refractivity contribution in [1.29, 1.82) is 0 Å². The van der Waals surface area contributed by atoms with Crippen LogP contribution in [-0.2, 0) is 0 Å². The molecule has 0 fully saturated rings. The predicted octanol–water partition coefficient (Wildman–Crippen LogP) is -2.44. The maximum absolute atomic E-state index is 11.9. The van der Waals surface area contributed by atoms with Crippen LogP contribution in [0.25, 0.3) is 0 Å². The van der Waals surface area contributed by atoms with Gasteiger partial charge >= 0.3 is 0 Å². The number of nitrogens with zero attached hydrogens (tertiary/aromatic N) is 1. The highest BCUT2D eigenvalue weighted by Crippen LogP contribution is 2.06. The molecular formula is C13H20N2O6. The topological polar surface area (TPSA) is 143 Å². The molecule has 0 saturated heterocycles. The number of aliphatic hydroxyl groups excluding tert-OH is 5. The molecule has 21 heavy (non-hydrogen) atoms. The lowest BCUT2D eigenvalue weighted by Gasteiger charge is -2.25. The molecular weight excluding hydrogens is 280 g/mol. The molecule has 1 aromatic heterocycles. The molecule has 0 unspecified atom stereocenters. The molecule has 0 aliphatic carbocycles. The number of aromatic nitrogens is 1. The zero-order chi connectivity index (χ0) is 16.0. The van der Waals surface area contributed by atoms with Crippen LogP contribution in [0.3, 0.4) is 0 Å². The molecule has 0 aliphatic rings. The molecule has 1 rings (SSSR count). The average Bonchev–Trinajstić information content (AvgIpc) is 2.50. The van der Waals surface area contributed by atoms with Crippen LogP contribution in [0.2, 0.25) is 0 Å². The van der Waals surface area contributed by atoms with Gasteiger partial charge in [-0.05, 0) is 19.1 Å². The summed E-state index contributed by atoms with van der Waals surface area (Å²) in [6.07, 6.45) is -4.96. The van der Waals surface area contributed by atoms with E-state index in [4.69, 9.17) is 5.11 Å². The van der Waals surface area contributed by atoms with E-state index in [1.165, 1.54) is 6.20 Å². The van der Waals surface area contributed by atoms with Gasteiger partial charge in [0.25, 0.3) is 5.91 Å². The van der Waals surface area contributed by atoms with Gasteiger partial charge < -0.3 is 30.8 Å². The smallest absolute Gasteiger partial charge is 0.253 e. The predicted molar refractivity (Wildman–Crippen MR) is 72.4 cm³/mol. The van der Waals surface area contributed by atoms with Crippen LogP contribution in [0.1, 0.15) is 16.1 Å². The molecule has 0 aliphatic heterocycles. The maximum atomic E-state index is 11.9. The molecule has 8 heteroatoms. The van der Waals surface area contributed by atoms with Crippen molar-refractivity contribution < 1.29 is 30.3 Å². The number of aliphatic hydroxyl groups is 5. The fourth-order valence-electron chi connectivity index (χ4n) is 1.70. The Morgan fingerprint density at radius 1 is 1.24 bits per heavy atom. The third-order valence-electron chi connectivity index (χ3n) is 3.05. The van der Waals surface area contributed by atoms with Gasteiger partial charge in [-0.1, -0.05) is 0 Å². The summed E-state index contributed by atoms with van der Waals surface area (Å²) >= 11 is 0. The first-order valence-electron chi connectivity index (χ1n) is 6.41. The van der Waals surface area contributed by atoms with Crippen LogP contribution in [0, 0.1) is 6.92 Å². The summed E-state index contributed by atoms with van der Waals surface area (Å²) < 4.78 is 0. The van der Waals surface area contributed by atoms with Crippen molar-refractivity contribution in [2.24, 2.45) is 0 Å². The fourth-order valence-corrected chi connectivity index (χ4v) is 1.70. The lowest BCUT2D eigenvalue weighted by molar-refractivity contribution is -0.113. The normalized spacial score (nSPS) is 16.9. The summed E-state index contributed by atoms with van der Waals surface area (Å²) in [5, 5.41) is 48.9. The highest BCUT2D eigenvalue weighted by molar-refractivity contribution is 5.95. The molecule has 4 atom stereocenters. The lowest BCUT2D eigenvalue weighted by Crippen LogP contribution is -2.49. The average molecular weight is 300 g/mol. The Labute approximate surface area is 121 Å². The van der Waals surface area contributed by atoms with Crippen molar-refractivity contribution in [3.63, 3.8) is 0 Å². The van der Waals surface area contributed by atoms with Gasteiger partial charge in [-0.15, -0.1) is 0 Å². The van der Waals surface area contributed by atoms with Crippen LogP contribution in [-0.4, -0.2) is 74.0 Å². The first kappa shape index (κ1) is 17.5. The molecule has 0 spiro atoms. The summed E-state index contributed by atoms with van der Waals surface area (Å²) in [5.41, 5.74) is 0.843. The van der Waals surface area contributed by atoms with Crippen LogP contribution in [0.4, 0.5) is 0 Å². The number of pyridine rings is 1. The van der Waals surface area contributed by atoms with Crippen LogP contribution in [0.15, 0.2) is 18.3 Å². The van der Waals surface area contributed by atoms with E-state index < -0.39 is 36.9 Å². The number of rotatable bonds is 7. The van der Waals surface area contributed by atoms with Crippen molar-refractivity contribution in [2.45, 2.75) is 31.3 Å². The minimum atomic E-state index is -1.72. The third kappa shape index (κ3) is 4.73. The molecule has 1 aromatic rings. The van der Waals surface area contributed by atoms with Gasteiger partial charge in [-0.2, -0.15) is 0 Å². The largest absolute Gasteiger partial charge is 0.394 e. The van der Waals surface area contributed by atoms with E-state index in [2.05, 4.69) is 10.3 Å². The Hall–Kier alpha value is -1.58. The Morgan fingerprint density at radius 3 is 2.43 bits per heavy atom. The Kier molecular flexibility index (Phi) is 6.66. The molecule has 6 N–H and O–H groups in total. The van der Waals surface area contributed by atoms with E-state index in [1.54, 1.807) is 19.1 Å². The van der Waals surface area contributed by atoms with E-state index >= 15 is 0 Å². The van der Waals surface area contributed by atoms with Crippen molar-refractivity contribution in [2.75, 3.05) is 13.2 Å². The summed E-state index contributed by atoms with van der Waals surface area (Å²) in [5.74, 6) is -0.482. The highest BCUT2D eigenvalue weighted by atomic mass is 16.4. The zero-order valence-electron chi connectivity index (χ0n) is 11.5. The van der Waals surface area contributed by atoms with Gasteiger partial charge in [-0.3, -0.25) is 9.78 Å². The summed E-state index contributed by atoms with van der Waals surface area (Å²) in [4.78, 5) is 15.8. The Morgan fingerprint density at radius 2 is 1.86 bits per heavy atom. The molecule has 1 heterocycles. The maximum Gasteiger partial charge on any atom is 0.253 e. The van der Waals surface area contributed by atoms with E-state index in [1.807, 2.05) is 0 Å². The van der Waals surface area contributed by atoms with Crippen molar-refractivity contribution >= 4 is 5.91 Å². The molecule has 0 bridgehead atoms. The molecule has 0 radical (unpaired) electrons. The number of hydrogen-bond donors (Lipinski definition) is 6. The van der Waals surface area contributed by atoms with Gasteiger partial charge in [0.1, 0.15) is 18.3 Å². The quantitative estimate of drug-likeness (QED) is 0.328.